The second-order valence-corrected chi connectivity index (χ2v) is 6.49. The number of carbonyl (C=O) groups is 2. The predicted octanol–water partition coefficient (Wildman–Crippen LogP) is 3.81. The van der Waals surface area contributed by atoms with E-state index in [0.29, 0.717) is 50.2 Å². The molecule has 0 aliphatic heterocycles. The zero-order valence-corrected chi connectivity index (χ0v) is 16.1. The molecule has 3 rings (SSSR count). The molecule has 0 saturated heterocycles. The lowest BCUT2D eigenvalue weighted by atomic mass is 10.1. The molecule has 1 N–H and O–H groups in total. The quantitative estimate of drug-likeness (QED) is 0.564. The van der Waals surface area contributed by atoms with Gasteiger partial charge in [0, 0.05) is 41.9 Å². The van der Waals surface area contributed by atoms with Gasteiger partial charge in [-0.05, 0) is 25.3 Å². The zero-order chi connectivity index (χ0) is 19.9. The Morgan fingerprint density at radius 2 is 1.71 bits per heavy atom. The molecular formula is C21H24N2O5. The molecule has 2 heterocycles. The molecule has 0 fully saturated rings. The highest BCUT2D eigenvalue weighted by atomic mass is 16.5. The van der Waals surface area contributed by atoms with Gasteiger partial charge in [0.15, 0.2) is 11.7 Å². The first-order chi connectivity index (χ1) is 13.6. The number of carbonyl (C=O) groups excluding carboxylic acids is 2. The van der Waals surface area contributed by atoms with Crippen molar-refractivity contribution in [3.63, 3.8) is 0 Å². The van der Waals surface area contributed by atoms with E-state index in [9.17, 15) is 9.59 Å². The number of esters is 2. The number of hydrogen-bond donors (Lipinski definition) is 1. The highest BCUT2D eigenvalue weighted by molar-refractivity contribution is 5.94. The van der Waals surface area contributed by atoms with E-state index in [2.05, 4.69) is 14.7 Å². The highest BCUT2D eigenvalue weighted by Gasteiger charge is 2.18. The number of rotatable bonds is 9. The van der Waals surface area contributed by atoms with Gasteiger partial charge in [-0.25, -0.2) is 4.98 Å². The van der Waals surface area contributed by atoms with Gasteiger partial charge in [0.2, 0.25) is 0 Å². The topological polar surface area (TPSA) is 94.4 Å². The minimum absolute atomic E-state index is 0.240. The Morgan fingerprint density at radius 1 is 1.04 bits per heavy atom. The fraction of sp³-hybridized carbons (Fsp3) is 0.381. The van der Waals surface area contributed by atoms with E-state index in [0.717, 1.165) is 22.2 Å². The first kappa shape index (κ1) is 19.7. The van der Waals surface area contributed by atoms with Gasteiger partial charge >= 0.3 is 11.9 Å². The highest BCUT2D eigenvalue weighted by Crippen LogP contribution is 2.33. The van der Waals surface area contributed by atoms with Gasteiger partial charge < -0.3 is 18.9 Å². The van der Waals surface area contributed by atoms with Crippen molar-refractivity contribution < 1.29 is 23.5 Å². The van der Waals surface area contributed by atoms with Crippen molar-refractivity contribution in [2.24, 2.45) is 0 Å². The van der Waals surface area contributed by atoms with E-state index in [1.165, 1.54) is 14.2 Å². The average Bonchev–Trinajstić information content (AvgIpc) is 3.31. The predicted molar refractivity (Wildman–Crippen MR) is 104 cm³/mol. The van der Waals surface area contributed by atoms with Gasteiger partial charge in [-0.15, -0.1) is 0 Å². The van der Waals surface area contributed by atoms with E-state index in [4.69, 9.17) is 9.15 Å². The summed E-state index contributed by atoms with van der Waals surface area (Å²) < 4.78 is 15.4. The average molecular weight is 384 g/mol. The van der Waals surface area contributed by atoms with Gasteiger partial charge in [-0.1, -0.05) is 18.2 Å². The smallest absolute Gasteiger partial charge is 0.305 e. The van der Waals surface area contributed by atoms with Crippen LogP contribution in [0.1, 0.15) is 37.3 Å². The summed E-state index contributed by atoms with van der Waals surface area (Å²) in [5.74, 6) is 0.796. The molecule has 0 atom stereocenters. The van der Waals surface area contributed by atoms with Crippen molar-refractivity contribution in [2.75, 3.05) is 14.2 Å². The Labute approximate surface area is 163 Å². The second kappa shape index (κ2) is 9.21. The summed E-state index contributed by atoms with van der Waals surface area (Å²) in [5, 5.41) is 1.05. The molecular weight excluding hydrogens is 360 g/mol. The van der Waals surface area contributed by atoms with Crippen molar-refractivity contribution >= 4 is 22.8 Å². The van der Waals surface area contributed by atoms with Crippen molar-refractivity contribution in [3.8, 4) is 11.3 Å². The van der Waals surface area contributed by atoms with Crippen LogP contribution >= 0.6 is 0 Å². The Hall–Kier alpha value is -3.09. The number of aromatic amines is 1. The van der Waals surface area contributed by atoms with Crippen LogP contribution in [-0.2, 0) is 31.9 Å². The molecule has 3 aromatic rings. The first-order valence-electron chi connectivity index (χ1n) is 9.31. The van der Waals surface area contributed by atoms with Crippen LogP contribution in [-0.4, -0.2) is 36.1 Å². The van der Waals surface area contributed by atoms with Crippen LogP contribution in [0.25, 0.3) is 22.2 Å². The molecule has 0 saturated carbocycles. The maximum atomic E-state index is 11.4. The Bertz CT molecular complexity index is 957. The number of aryl methyl sites for hydroxylation is 2. The van der Waals surface area contributed by atoms with Gasteiger partial charge in [0.05, 0.1) is 19.9 Å². The number of nitrogens with one attached hydrogen (secondary N) is 1. The summed E-state index contributed by atoms with van der Waals surface area (Å²) in [6.45, 7) is 0. The minimum atomic E-state index is -0.248. The number of nitrogens with zero attached hydrogens (tertiary/aromatic N) is 1. The van der Waals surface area contributed by atoms with Crippen LogP contribution in [0.2, 0.25) is 0 Å². The number of fused-ring (bicyclic) bond motifs is 1. The third kappa shape index (κ3) is 4.60. The molecule has 2 aromatic heterocycles. The molecule has 1 aromatic carbocycles. The van der Waals surface area contributed by atoms with Gasteiger partial charge in [0.1, 0.15) is 0 Å². The standard InChI is InChI=1S/C21H24N2O5/c1-26-19(24)11-5-9-17-21(15-13-22-16-8-4-3-7-14(15)16)28-18(23-17)10-6-12-20(25)27-2/h3-4,7-8,13,22H,5-6,9-12H2,1-2H3. The molecule has 0 aliphatic rings. The minimum Gasteiger partial charge on any atom is -0.469 e. The lowest BCUT2D eigenvalue weighted by Crippen LogP contribution is -2.01. The number of para-hydroxylation sites is 1. The normalized spacial score (nSPS) is 10.9. The van der Waals surface area contributed by atoms with Crippen LogP contribution in [0.3, 0.4) is 0 Å². The largest absolute Gasteiger partial charge is 0.469 e. The van der Waals surface area contributed by atoms with Crippen molar-refractivity contribution in [3.05, 3.63) is 42.0 Å². The summed E-state index contributed by atoms with van der Waals surface area (Å²) in [6, 6.07) is 7.98. The molecule has 7 heteroatoms. The number of ether oxygens (including phenoxy) is 2. The third-order valence-electron chi connectivity index (χ3n) is 4.60. The molecule has 148 valence electrons. The summed E-state index contributed by atoms with van der Waals surface area (Å²) in [4.78, 5) is 30.6. The van der Waals surface area contributed by atoms with Crippen LogP contribution < -0.4 is 0 Å². The first-order valence-corrected chi connectivity index (χ1v) is 9.31. The Balaban J connectivity index is 1.83. The lowest BCUT2D eigenvalue weighted by Gasteiger charge is -2.00. The Morgan fingerprint density at radius 3 is 2.43 bits per heavy atom. The fourth-order valence-electron chi connectivity index (χ4n) is 3.14. The van der Waals surface area contributed by atoms with Crippen LogP contribution in [0.5, 0.6) is 0 Å². The molecule has 0 bridgehead atoms. The number of hydrogen-bond acceptors (Lipinski definition) is 6. The van der Waals surface area contributed by atoms with Crippen LogP contribution in [0, 0.1) is 0 Å². The van der Waals surface area contributed by atoms with Crippen molar-refractivity contribution in [1.82, 2.24) is 9.97 Å². The van der Waals surface area contributed by atoms with Gasteiger partial charge in [-0.3, -0.25) is 9.59 Å². The molecule has 0 amide bonds. The summed E-state index contributed by atoms with van der Waals surface area (Å²) >= 11 is 0. The molecule has 0 radical (unpaired) electrons. The molecule has 0 spiro atoms. The number of oxazole rings is 1. The number of benzene rings is 1. The lowest BCUT2D eigenvalue weighted by molar-refractivity contribution is -0.141. The Kier molecular flexibility index (Phi) is 6.47. The van der Waals surface area contributed by atoms with E-state index in [-0.39, 0.29) is 11.9 Å². The number of H-pyrrole nitrogens is 1. The summed E-state index contributed by atoms with van der Waals surface area (Å²) in [6.07, 6.45) is 4.92. The summed E-state index contributed by atoms with van der Waals surface area (Å²) in [7, 11) is 2.76. The number of methoxy groups -OCH3 is 2. The van der Waals surface area contributed by atoms with Gasteiger partial charge in [0.25, 0.3) is 0 Å². The second-order valence-electron chi connectivity index (χ2n) is 6.49. The van der Waals surface area contributed by atoms with E-state index in [1.807, 2.05) is 30.5 Å². The maximum absolute atomic E-state index is 11.4. The van der Waals surface area contributed by atoms with E-state index in [1.54, 1.807) is 0 Å². The molecule has 0 aliphatic carbocycles. The molecule has 0 unspecified atom stereocenters. The zero-order valence-electron chi connectivity index (χ0n) is 16.1. The van der Waals surface area contributed by atoms with Gasteiger partial charge in [-0.2, -0.15) is 0 Å². The maximum Gasteiger partial charge on any atom is 0.305 e. The molecule has 28 heavy (non-hydrogen) atoms. The van der Waals surface area contributed by atoms with Crippen LogP contribution in [0.15, 0.2) is 34.9 Å². The number of aromatic nitrogens is 2. The van der Waals surface area contributed by atoms with Crippen molar-refractivity contribution in [1.29, 1.82) is 0 Å². The molecule has 7 nitrogen and oxygen atoms in total. The van der Waals surface area contributed by atoms with E-state index >= 15 is 0 Å². The van der Waals surface area contributed by atoms with E-state index < -0.39 is 0 Å². The van der Waals surface area contributed by atoms with Crippen LogP contribution in [0.4, 0.5) is 0 Å². The SMILES string of the molecule is COC(=O)CCCc1nc(CCCC(=O)OC)c(-c2c[nH]c3ccccc23)o1. The monoisotopic (exact) mass is 384 g/mol. The van der Waals surface area contributed by atoms with Crippen molar-refractivity contribution in [2.45, 2.75) is 38.5 Å². The summed E-state index contributed by atoms with van der Waals surface area (Å²) in [5.41, 5.74) is 2.76. The third-order valence-corrected chi connectivity index (χ3v) is 4.60. The fourth-order valence-corrected chi connectivity index (χ4v) is 3.14.